The third-order valence-corrected chi connectivity index (χ3v) is 6.47. The van der Waals surface area contributed by atoms with Crippen LogP contribution in [-0.2, 0) is 11.2 Å². The summed E-state index contributed by atoms with van der Waals surface area (Å²) >= 11 is 3.90. The first-order valence-electron chi connectivity index (χ1n) is 7.17. The molecule has 3 atom stereocenters. The number of likely N-dealkylation sites (N-methyl/N-ethyl adjacent to an activating group) is 1. The largest absolute Gasteiger partial charge is 0.315 e. The molecular weight excluding hydrogens is 302 g/mol. The Bertz CT molecular complexity index is 546. The molecule has 2 fully saturated rings. The molecule has 0 radical (unpaired) electrons. The van der Waals surface area contributed by atoms with Gasteiger partial charge in [0.15, 0.2) is 0 Å². The highest BCUT2D eigenvalue weighted by atomic mass is 79.9. The van der Waals surface area contributed by atoms with Gasteiger partial charge in [0.2, 0.25) is 5.91 Å². The summed E-state index contributed by atoms with van der Waals surface area (Å²) in [5.74, 6) is 3.04. The van der Waals surface area contributed by atoms with Crippen molar-refractivity contribution in [3.05, 3.63) is 29.3 Å². The van der Waals surface area contributed by atoms with Crippen LogP contribution in [0.4, 0.5) is 5.69 Å². The Morgan fingerprint density at radius 3 is 2.74 bits per heavy atom. The Hall–Kier alpha value is -0.830. The molecule has 1 amide bonds. The summed E-state index contributed by atoms with van der Waals surface area (Å²) in [5, 5.41) is 0. The number of fused-ring (bicyclic) bond motifs is 2. The Morgan fingerprint density at radius 2 is 2.00 bits per heavy atom. The number of alkyl halides is 1. The quantitative estimate of drug-likeness (QED) is 0.761. The highest BCUT2D eigenvalue weighted by molar-refractivity contribution is 9.09. The molecule has 2 saturated carbocycles. The highest BCUT2D eigenvalue weighted by Gasteiger charge is 2.47. The first-order chi connectivity index (χ1) is 9.13. The maximum atomic E-state index is 11.7. The topological polar surface area (TPSA) is 20.3 Å². The molecule has 3 unspecified atom stereocenters. The van der Waals surface area contributed by atoms with Crippen LogP contribution in [0.2, 0.25) is 0 Å². The van der Waals surface area contributed by atoms with Crippen LogP contribution in [0.25, 0.3) is 0 Å². The van der Waals surface area contributed by atoms with Crippen LogP contribution in [0, 0.1) is 17.8 Å². The lowest BCUT2D eigenvalue weighted by Gasteiger charge is -2.20. The molecule has 1 aromatic carbocycles. The van der Waals surface area contributed by atoms with Gasteiger partial charge in [-0.1, -0.05) is 28.1 Å². The standard InChI is InChI=1S/C16H18BrNO/c1-18-14-3-2-9(4-12(14)8-15(18)19)16(17)13-6-10-5-11(10)7-13/h2-4,10-11,13,16H,5-8H2,1H3. The molecule has 3 aliphatic rings. The smallest absolute Gasteiger partial charge is 0.231 e. The number of carbonyl (C=O) groups is 1. The second kappa shape index (κ2) is 4.08. The van der Waals surface area contributed by atoms with Gasteiger partial charge in [0.05, 0.1) is 6.42 Å². The predicted molar refractivity (Wildman–Crippen MR) is 79.5 cm³/mol. The summed E-state index contributed by atoms with van der Waals surface area (Å²) in [7, 11) is 1.87. The van der Waals surface area contributed by atoms with E-state index in [1.165, 1.54) is 30.4 Å². The van der Waals surface area contributed by atoms with Crippen LogP contribution in [0.1, 0.15) is 35.2 Å². The summed E-state index contributed by atoms with van der Waals surface area (Å²) in [6.45, 7) is 0. The molecule has 0 spiro atoms. The number of carbonyl (C=O) groups excluding carboxylic acids is 1. The van der Waals surface area contributed by atoms with Crippen molar-refractivity contribution >= 4 is 27.5 Å². The molecule has 1 aromatic rings. The Morgan fingerprint density at radius 1 is 1.26 bits per heavy atom. The van der Waals surface area contributed by atoms with Crippen LogP contribution >= 0.6 is 15.9 Å². The van der Waals surface area contributed by atoms with E-state index in [1.807, 2.05) is 7.05 Å². The molecule has 0 N–H and O–H groups in total. The normalized spacial score (nSPS) is 33.3. The zero-order valence-electron chi connectivity index (χ0n) is 11.1. The van der Waals surface area contributed by atoms with Gasteiger partial charge in [-0.05, 0) is 54.2 Å². The zero-order chi connectivity index (χ0) is 13.1. The van der Waals surface area contributed by atoms with Crippen LogP contribution in [-0.4, -0.2) is 13.0 Å². The number of rotatable bonds is 2. The highest BCUT2D eigenvalue weighted by Crippen LogP contribution is 2.58. The molecule has 2 nitrogen and oxygen atoms in total. The summed E-state index contributed by atoms with van der Waals surface area (Å²) in [6, 6.07) is 6.54. The molecule has 3 heteroatoms. The second-order valence-corrected chi connectivity index (χ2v) is 7.39. The minimum atomic E-state index is 0.209. The van der Waals surface area contributed by atoms with Gasteiger partial charge in [-0.25, -0.2) is 0 Å². The third kappa shape index (κ3) is 1.85. The average Bonchev–Trinajstić information content (AvgIpc) is 2.91. The average molecular weight is 320 g/mol. The van der Waals surface area contributed by atoms with Gasteiger partial charge in [0, 0.05) is 17.6 Å². The summed E-state index contributed by atoms with van der Waals surface area (Å²) < 4.78 is 0. The number of hydrogen-bond acceptors (Lipinski definition) is 1. The first kappa shape index (κ1) is 12.0. The summed E-state index contributed by atoms with van der Waals surface area (Å²) in [5.41, 5.74) is 3.63. The molecule has 100 valence electrons. The number of nitrogens with zero attached hydrogens (tertiary/aromatic N) is 1. The molecule has 0 bridgehead atoms. The van der Waals surface area contributed by atoms with Crippen LogP contribution < -0.4 is 4.90 Å². The van der Waals surface area contributed by atoms with E-state index in [0.29, 0.717) is 11.2 Å². The number of benzene rings is 1. The molecule has 0 saturated heterocycles. The van der Waals surface area contributed by atoms with Gasteiger partial charge in [-0.2, -0.15) is 0 Å². The molecule has 19 heavy (non-hydrogen) atoms. The lowest BCUT2D eigenvalue weighted by Crippen LogP contribution is -2.20. The number of halogens is 1. The van der Waals surface area contributed by atoms with Gasteiger partial charge < -0.3 is 4.90 Å². The van der Waals surface area contributed by atoms with E-state index in [4.69, 9.17) is 0 Å². The molecule has 1 aliphatic heterocycles. The number of amides is 1. The number of hydrogen-bond donors (Lipinski definition) is 0. The van der Waals surface area contributed by atoms with E-state index in [9.17, 15) is 4.79 Å². The fraction of sp³-hybridized carbons (Fsp3) is 0.562. The van der Waals surface area contributed by atoms with Crippen molar-refractivity contribution in [1.82, 2.24) is 0 Å². The van der Waals surface area contributed by atoms with E-state index < -0.39 is 0 Å². The predicted octanol–water partition coefficient (Wildman–Crippen LogP) is 3.69. The zero-order valence-corrected chi connectivity index (χ0v) is 12.7. The SMILES string of the molecule is CN1C(=O)Cc2cc(C(Br)C3CC4CC4C3)ccc21. The summed E-state index contributed by atoms with van der Waals surface area (Å²) in [4.78, 5) is 14.0. The maximum Gasteiger partial charge on any atom is 0.231 e. The van der Waals surface area contributed by atoms with Crippen molar-refractivity contribution in [2.45, 2.75) is 30.5 Å². The molecule has 4 rings (SSSR count). The summed E-state index contributed by atoms with van der Waals surface area (Å²) in [6.07, 6.45) is 4.81. The van der Waals surface area contributed by atoms with Crippen molar-refractivity contribution < 1.29 is 4.79 Å². The lowest BCUT2D eigenvalue weighted by molar-refractivity contribution is -0.117. The van der Waals surface area contributed by atoms with Gasteiger partial charge in [0.1, 0.15) is 0 Å². The fourth-order valence-electron chi connectivity index (χ4n) is 3.93. The van der Waals surface area contributed by atoms with E-state index >= 15 is 0 Å². The second-order valence-electron chi connectivity index (χ2n) is 6.41. The van der Waals surface area contributed by atoms with Gasteiger partial charge in [-0.15, -0.1) is 0 Å². The van der Waals surface area contributed by atoms with Gasteiger partial charge in [-0.3, -0.25) is 4.79 Å². The molecule has 0 aromatic heterocycles. The fourth-order valence-corrected chi connectivity index (χ4v) is 4.65. The van der Waals surface area contributed by atoms with Crippen LogP contribution in [0.15, 0.2) is 18.2 Å². The molecule has 2 aliphatic carbocycles. The molecule has 1 heterocycles. The van der Waals surface area contributed by atoms with Gasteiger partial charge >= 0.3 is 0 Å². The number of anilines is 1. The lowest BCUT2D eigenvalue weighted by atomic mass is 9.93. The van der Waals surface area contributed by atoms with Crippen LogP contribution in [0.5, 0.6) is 0 Å². The Balaban J connectivity index is 1.59. The monoisotopic (exact) mass is 319 g/mol. The first-order valence-corrected chi connectivity index (χ1v) is 8.08. The Labute approximate surface area is 122 Å². The van der Waals surface area contributed by atoms with Crippen molar-refractivity contribution in [3.63, 3.8) is 0 Å². The third-order valence-electron chi connectivity index (χ3n) is 5.19. The van der Waals surface area contributed by atoms with Crippen LogP contribution in [0.3, 0.4) is 0 Å². The van der Waals surface area contributed by atoms with E-state index in [-0.39, 0.29) is 5.91 Å². The van der Waals surface area contributed by atoms with Crippen molar-refractivity contribution in [2.24, 2.45) is 17.8 Å². The van der Waals surface area contributed by atoms with Crippen molar-refractivity contribution in [1.29, 1.82) is 0 Å². The van der Waals surface area contributed by atoms with Crippen molar-refractivity contribution in [2.75, 3.05) is 11.9 Å². The minimum absolute atomic E-state index is 0.209. The Kier molecular flexibility index (Phi) is 2.57. The van der Waals surface area contributed by atoms with Gasteiger partial charge in [0.25, 0.3) is 0 Å². The van der Waals surface area contributed by atoms with E-state index in [1.54, 1.807) is 4.90 Å². The van der Waals surface area contributed by atoms with E-state index in [2.05, 4.69) is 34.1 Å². The minimum Gasteiger partial charge on any atom is -0.315 e. The molecular formula is C16H18BrNO. The van der Waals surface area contributed by atoms with Crippen molar-refractivity contribution in [3.8, 4) is 0 Å². The van der Waals surface area contributed by atoms with E-state index in [0.717, 1.165) is 23.4 Å². The maximum absolute atomic E-state index is 11.7.